The van der Waals surface area contributed by atoms with E-state index in [9.17, 15) is 5.26 Å². The van der Waals surface area contributed by atoms with Gasteiger partial charge in [0.15, 0.2) is 0 Å². The summed E-state index contributed by atoms with van der Waals surface area (Å²) in [5.74, 6) is 0. The lowest BCUT2D eigenvalue weighted by atomic mass is 9.92. The average Bonchev–Trinajstić information content (AvgIpc) is 3.65. The van der Waals surface area contributed by atoms with Crippen molar-refractivity contribution >= 4 is 43.6 Å². The third kappa shape index (κ3) is 3.91. The highest BCUT2D eigenvalue weighted by Crippen LogP contribution is 2.42. The maximum atomic E-state index is 9.36. The lowest BCUT2D eigenvalue weighted by Crippen LogP contribution is -1.96. The molecular weight excluding hydrogens is 558 g/mol. The van der Waals surface area contributed by atoms with Crippen LogP contribution in [0, 0.1) is 11.3 Å². The molecule has 3 nitrogen and oxygen atoms in total. The summed E-state index contributed by atoms with van der Waals surface area (Å²) < 4.78 is 4.70. The summed E-state index contributed by atoms with van der Waals surface area (Å²) in [6.45, 7) is 0. The van der Waals surface area contributed by atoms with Crippen LogP contribution >= 0.6 is 0 Å². The summed E-state index contributed by atoms with van der Waals surface area (Å²) in [6.07, 6.45) is 0. The lowest BCUT2D eigenvalue weighted by molar-refractivity contribution is 1.18. The van der Waals surface area contributed by atoms with Crippen molar-refractivity contribution in [3.05, 3.63) is 169 Å². The van der Waals surface area contributed by atoms with Crippen molar-refractivity contribution in [2.45, 2.75) is 0 Å². The highest BCUT2D eigenvalue weighted by Gasteiger charge is 2.19. The van der Waals surface area contributed by atoms with Crippen LogP contribution < -0.4 is 0 Å². The van der Waals surface area contributed by atoms with Crippen LogP contribution in [-0.4, -0.2) is 9.13 Å². The fraction of sp³-hybridized carbons (Fsp3) is 0. The van der Waals surface area contributed by atoms with Gasteiger partial charge >= 0.3 is 0 Å². The van der Waals surface area contributed by atoms with Gasteiger partial charge in [0.25, 0.3) is 0 Å². The third-order valence-electron chi connectivity index (χ3n) is 9.16. The van der Waals surface area contributed by atoms with Gasteiger partial charge in [0.05, 0.1) is 33.7 Å². The van der Waals surface area contributed by atoms with E-state index in [1.807, 2.05) is 24.3 Å². The number of hydrogen-bond acceptors (Lipinski definition) is 1. The first-order chi connectivity index (χ1) is 22.8. The van der Waals surface area contributed by atoms with Crippen LogP contribution in [0.25, 0.3) is 77.2 Å². The molecule has 0 fully saturated rings. The topological polar surface area (TPSA) is 33.6 Å². The molecule has 214 valence electrons. The molecule has 0 unspecified atom stereocenters. The second-order valence-corrected chi connectivity index (χ2v) is 11.7. The van der Waals surface area contributed by atoms with E-state index in [4.69, 9.17) is 0 Å². The Balaban J connectivity index is 1.29. The van der Waals surface area contributed by atoms with Gasteiger partial charge in [-0.1, -0.05) is 103 Å². The molecule has 3 heteroatoms. The normalized spacial score (nSPS) is 11.5. The molecule has 9 aromatic rings. The van der Waals surface area contributed by atoms with Crippen LogP contribution in [0.5, 0.6) is 0 Å². The molecule has 0 atom stereocenters. The highest BCUT2D eigenvalue weighted by atomic mass is 15.0. The predicted octanol–water partition coefficient (Wildman–Crippen LogP) is 11.1. The molecule has 0 bridgehead atoms. The molecule has 46 heavy (non-hydrogen) atoms. The van der Waals surface area contributed by atoms with Crippen molar-refractivity contribution < 1.29 is 0 Å². The molecule has 7 aromatic carbocycles. The number of rotatable bonds is 4. The lowest BCUT2D eigenvalue weighted by Gasteiger charge is -2.15. The molecule has 2 heterocycles. The summed E-state index contributed by atoms with van der Waals surface area (Å²) in [7, 11) is 0. The van der Waals surface area contributed by atoms with Crippen molar-refractivity contribution in [1.29, 1.82) is 5.26 Å². The Morgan fingerprint density at radius 1 is 0.391 bits per heavy atom. The molecule has 0 radical (unpaired) electrons. The van der Waals surface area contributed by atoms with Crippen LogP contribution in [-0.2, 0) is 0 Å². The molecule has 9 rings (SSSR count). The van der Waals surface area contributed by atoms with Gasteiger partial charge in [0, 0.05) is 38.5 Å². The number of aromatic nitrogens is 2. The standard InChI is InChI=1S/C43H27N3/c44-28-29-21-24-32(25-22-29)45-40-19-8-7-16-36(40)39-27-30(23-26-42(39)45)33-13-4-5-14-34(33)37-17-10-18-38-35-15-6-9-20-41(35)46(43(37)38)31-11-2-1-3-12-31/h1-27H. The van der Waals surface area contributed by atoms with Gasteiger partial charge in [-0.05, 0) is 77.4 Å². The molecule has 2 aromatic heterocycles. The van der Waals surface area contributed by atoms with Crippen LogP contribution in [0.4, 0.5) is 0 Å². The minimum Gasteiger partial charge on any atom is -0.309 e. The van der Waals surface area contributed by atoms with E-state index in [0.717, 1.165) is 22.4 Å². The van der Waals surface area contributed by atoms with Gasteiger partial charge in [-0.3, -0.25) is 0 Å². The number of nitrogens with zero attached hydrogens (tertiary/aromatic N) is 3. The van der Waals surface area contributed by atoms with Crippen LogP contribution in [0.15, 0.2) is 164 Å². The van der Waals surface area contributed by atoms with Crippen molar-refractivity contribution in [2.24, 2.45) is 0 Å². The van der Waals surface area contributed by atoms with Crippen LogP contribution in [0.3, 0.4) is 0 Å². The highest BCUT2D eigenvalue weighted by molar-refractivity contribution is 6.15. The molecule has 0 saturated carbocycles. The van der Waals surface area contributed by atoms with Crippen molar-refractivity contribution in [2.75, 3.05) is 0 Å². The maximum absolute atomic E-state index is 9.36. The molecule has 0 aliphatic rings. The first-order valence-corrected chi connectivity index (χ1v) is 15.5. The van der Waals surface area contributed by atoms with E-state index in [1.165, 1.54) is 54.8 Å². The fourth-order valence-corrected chi connectivity index (χ4v) is 7.15. The summed E-state index contributed by atoms with van der Waals surface area (Å²) in [5, 5.41) is 14.2. The quantitative estimate of drug-likeness (QED) is 0.202. The molecule has 0 aliphatic heterocycles. The molecule has 0 aliphatic carbocycles. The van der Waals surface area contributed by atoms with Gasteiger partial charge in [-0.25, -0.2) is 0 Å². The second-order valence-electron chi connectivity index (χ2n) is 11.7. The zero-order valence-electron chi connectivity index (χ0n) is 24.9. The summed E-state index contributed by atoms with van der Waals surface area (Å²) in [6, 6.07) is 60.3. The SMILES string of the molecule is N#Cc1ccc(-n2c3ccccc3c3cc(-c4ccccc4-c4cccc5c6ccccc6n(-c6ccccc6)c45)ccc32)cc1. The zero-order chi connectivity index (χ0) is 30.6. The van der Waals surface area contributed by atoms with E-state index < -0.39 is 0 Å². The second kappa shape index (κ2) is 10.4. The number of para-hydroxylation sites is 4. The van der Waals surface area contributed by atoms with Gasteiger partial charge in [-0.2, -0.15) is 5.26 Å². The fourth-order valence-electron chi connectivity index (χ4n) is 7.15. The minimum atomic E-state index is 0.657. The van der Waals surface area contributed by atoms with Crippen LogP contribution in [0.1, 0.15) is 5.56 Å². The first-order valence-electron chi connectivity index (χ1n) is 15.5. The van der Waals surface area contributed by atoms with E-state index >= 15 is 0 Å². The average molecular weight is 586 g/mol. The zero-order valence-corrected chi connectivity index (χ0v) is 24.9. The smallest absolute Gasteiger partial charge is 0.0991 e. The van der Waals surface area contributed by atoms with E-state index in [0.29, 0.717) is 5.56 Å². The van der Waals surface area contributed by atoms with E-state index in [2.05, 4.69) is 155 Å². The third-order valence-corrected chi connectivity index (χ3v) is 9.16. The molecule has 0 spiro atoms. The van der Waals surface area contributed by atoms with E-state index in [1.54, 1.807) is 0 Å². The molecule has 0 amide bonds. The maximum Gasteiger partial charge on any atom is 0.0991 e. The molecule has 0 saturated heterocycles. The Hall–Kier alpha value is -6.37. The molecular formula is C43H27N3. The summed E-state index contributed by atoms with van der Waals surface area (Å²) in [5.41, 5.74) is 12.3. The Kier molecular flexibility index (Phi) is 5.88. The number of fused-ring (bicyclic) bond motifs is 6. The predicted molar refractivity (Wildman–Crippen MR) is 191 cm³/mol. The van der Waals surface area contributed by atoms with E-state index in [-0.39, 0.29) is 0 Å². The largest absolute Gasteiger partial charge is 0.309 e. The Labute approximate surface area is 266 Å². The van der Waals surface area contributed by atoms with Gasteiger partial charge in [-0.15, -0.1) is 0 Å². The minimum absolute atomic E-state index is 0.657. The number of benzene rings is 7. The van der Waals surface area contributed by atoms with Gasteiger partial charge < -0.3 is 9.13 Å². The monoisotopic (exact) mass is 585 g/mol. The Morgan fingerprint density at radius 2 is 0.957 bits per heavy atom. The van der Waals surface area contributed by atoms with Gasteiger partial charge in [0.2, 0.25) is 0 Å². The summed E-state index contributed by atoms with van der Waals surface area (Å²) in [4.78, 5) is 0. The van der Waals surface area contributed by atoms with Crippen molar-refractivity contribution in [1.82, 2.24) is 9.13 Å². The van der Waals surface area contributed by atoms with Crippen LogP contribution in [0.2, 0.25) is 0 Å². The summed E-state index contributed by atoms with van der Waals surface area (Å²) >= 11 is 0. The Bertz CT molecular complexity index is 2630. The van der Waals surface area contributed by atoms with Crippen molar-refractivity contribution in [3.8, 4) is 39.7 Å². The Morgan fingerprint density at radius 3 is 1.72 bits per heavy atom. The number of nitriles is 1. The van der Waals surface area contributed by atoms with Crippen molar-refractivity contribution in [3.63, 3.8) is 0 Å². The number of hydrogen-bond donors (Lipinski definition) is 0. The van der Waals surface area contributed by atoms with Gasteiger partial charge in [0.1, 0.15) is 0 Å². The molecule has 0 N–H and O–H groups in total. The first kappa shape index (κ1) is 26.1.